The Kier molecular flexibility index (Phi) is 9.21. The molecule has 0 aromatic heterocycles. The molecule has 0 heterocycles. The third kappa shape index (κ3) is 6.38. The summed E-state index contributed by atoms with van der Waals surface area (Å²) < 4.78 is 5.39. The molecule has 5 nitrogen and oxygen atoms in total. The first-order chi connectivity index (χ1) is 11.5. The van der Waals surface area contributed by atoms with Crippen LogP contribution in [0.3, 0.4) is 0 Å². The minimum atomic E-state index is -0.790. The summed E-state index contributed by atoms with van der Waals surface area (Å²) in [5.74, 6) is 0.371. The van der Waals surface area contributed by atoms with Crippen molar-refractivity contribution < 1.29 is 14.6 Å². The predicted molar refractivity (Wildman–Crippen MR) is 95.3 cm³/mol. The van der Waals surface area contributed by atoms with Crippen molar-refractivity contribution in [3.05, 3.63) is 23.8 Å². The van der Waals surface area contributed by atoms with Crippen molar-refractivity contribution >= 4 is 23.2 Å². The van der Waals surface area contributed by atoms with Crippen molar-refractivity contribution in [3.63, 3.8) is 0 Å². The monoisotopic (exact) mass is 352 g/mol. The Morgan fingerprint density at radius 1 is 1.46 bits per heavy atom. The highest BCUT2D eigenvalue weighted by Crippen LogP contribution is 2.23. The lowest BCUT2D eigenvalue weighted by Crippen LogP contribution is -2.22. The molecule has 0 saturated heterocycles. The van der Waals surface area contributed by atoms with Crippen LogP contribution in [0, 0.1) is 17.2 Å². The Bertz CT molecular complexity index is 572. The van der Waals surface area contributed by atoms with E-state index >= 15 is 0 Å². The van der Waals surface area contributed by atoms with E-state index in [9.17, 15) is 15.2 Å². The number of unbranched alkanes of at least 4 members (excludes halogenated alkanes) is 1. The molecule has 0 aliphatic rings. The van der Waals surface area contributed by atoms with Gasteiger partial charge in [-0.05, 0) is 31.0 Å². The number of hydrogen-bond donors (Lipinski definition) is 2. The largest absolute Gasteiger partial charge is 0.489 e. The van der Waals surface area contributed by atoms with Crippen LogP contribution in [0.2, 0.25) is 0 Å². The molecule has 1 aromatic rings. The number of hydrogen-bond acceptors (Lipinski definition) is 4. The van der Waals surface area contributed by atoms with Crippen LogP contribution >= 0.6 is 11.6 Å². The molecule has 24 heavy (non-hydrogen) atoms. The third-order valence-corrected chi connectivity index (χ3v) is 4.10. The van der Waals surface area contributed by atoms with E-state index in [1.807, 2.05) is 13.0 Å². The maximum absolute atomic E-state index is 12.3. The fourth-order valence-electron chi connectivity index (χ4n) is 2.27. The molecule has 0 saturated carbocycles. The molecule has 132 valence electrons. The van der Waals surface area contributed by atoms with Crippen LogP contribution in [0.1, 0.15) is 45.1 Å². The number of aliphatic hydroxyl groups is 1. The summed E-state index contributed by atoms with van der Waals surface area (Å²) in [6, 6.07) is 6.92. The van der Waals surface area contributed by atoms with Crippen molar-refractivity contribution in [3.8, 4) is 11.8 Å². The average Bonchev–Trinajstić information content (AvgIpc) is 2.60. The van der Waals surface area contributed by atoms with Crippen molar-refractivity contribution in [1.29, 1.82) is 5.26 Å². The van der Waals surface area contributed by atoms with Gasteiger partial charge in [0, 0.05) is 11.6 Å². The Balaban J connectivity index is 2.76. The van der Waals surface area contributed by atoms with Crippen LogP contribution in [0.15, 0.2) is 18.2 Å². The quantitative estimate of drug-likeness (QED) is 0.629. The molecule has 0 aliphatic heterocycles. The zero-order valence-corrected chi connectivity index (χ0v) is 15.0. The molecule has 1 amide bonds. The molecular weight excluding hydrogens is 328 g/mol. The number of aliphatic hydroxyl groups excluding tert-OH is 1. The Morgan fingerprint density at radius 2 is 2.21 bits per heavy atom. The minimum Gasteiger partial charge on any atom is -0.489 e. The first kappa shape index (κ1) is 20.3. The third-order valence-electron chi connectivity index (χ3n) is 3.75. The maximum Gasteiger partial charge on any atom is 0.227 e. The lowest BCUT2D eigenvalue weighted by Gasteiger charge is -2.16. The normalized spacial score (nSPS) is 13.0. The van der Waals surface area contributed by atoms with E-state index in [-0.39, 0.29) is 24.3 Å². The fraction of sp³-hybridized carbons (Fsp3) is 0.556. The van der Waals surface area contributed by atoms with Gasteiger partial charge in [-0.3, -0.25) is 4.79 Å². The van der Waals surface area contributed by atoms with E-state index in [4.69, 9.17) is 16.3 Å². The SMILES string of the molecule is CCCCC(CC)C(=O)Nc1ccc(OCC(O)CCl)c(C#N)c1. The molecule has 1 rings (SSSR count). The van der Waals surface area contributed by atoms with Gasteiger partial charge in [0.1, 0.15) is 24.5 Å². The number of anilines is 1. The van der Waals surface area contributed by atoms with Gasteiger partial charge in [-0.15, -0.1) is 11.6 Å². The van der Waals surface area contributed by atoms with Gasteiger partial charge in [-0.25, -0.2) is 0 Å². The van der Waals surface area contributed by atoms with E-state index in [1.54, 1.807) is 18.2 Å². The molecule has 2 atom stereocenters. The molecule has 2 N–H and O–H groups in total. The lowest BCUT2D eigenvalue weighted by atomic mass is 9.98. The van der Waals surface area contributed by atoms with Crippen LogP contribution < -0.4 is 10.1 Å². The number of alkyl halides is 1. The van der Waals surface area contributed by atoms with Gasteiger partial charge in [-0.2, -0.15) is 5.26 Å². The molecular formula is C18H25ClN2O3. The molecule has 0 fully saturated rings. The molecule has 0 bridgehead atoms. The van der Waals surface area contributed by atoms with Crippen molar-refractivity contribution in [2.24, 2.45) is 5.92 Å². The fourth-order valence-corrected chi connectivity index (χ4v) is 2.36. The van der Waals surface area contributed by atoms with Crippen LogP contribution in [0.5, 0.6) is 5.75 Å². The van der Waals surface area contributed by atoms with Gasteiger partial charge in [-0.1, -0.05) is 26.7 Å². The van der Waals surface area contributed by atoms with E-state index in [0.29, 0.717) is 17.0 Å². The molecule has 0 aliphatic carbocycles. The van der Waals surface area contributed by atoms with E-state index in [2.05, 4.69) is 12.2 Å². The van der Waals surface area contributed by atoms with Gasteiger partial charge in [0.2, 0.25) is 5.91 Å². The standard InChI is InChI=1S/C18H25ClN2O3/c1-3-5-6-13(4-2)18(23)21-15-7-8-17(14(9-15)11-20)24-12-16(22)10-19/h7-9,13,16,22H,3-6,10,12H2,1-2H3,(H,21,23). The second kappa shape index (κ2) is 10.9. The predicted octanol–water partition coefficient (Wildman–Crippen LogP) is 3.69. The number of carbonyl (C=O) groups is 1. The zero-order valence-electron chi connectivity index (χ0n) is 14.2. The van der Waals surface area contributed by atoms with Crippen LogP contribution in [0.4, 0.5) is 5.69 Å². The smallest absolute Gasteiger partial charge is 0.227 e. The van der Waals surface area contributed by atoms with E-state index in [1.165, 1.54) is 0 Å². The summed E-state index contributed by atoms with van der Waals surface area (Å²) in [6.07, 6.45) is 2.94. The van der Waals surface area contributed by atoms with Gasteiger partial charge in [0.25, 0.3) is 0 Å². The van der Waals surface area contributed by atoms with Gasteiger partial charge in [0.05, 0.1) is 11.4 Å². The van der Waals surface area contributed by atoms with Crippen LogP contribution in [-0.4, -0.2) is 29.6 Å². The number of carbonyl (C=O) groups excluding carboxylic acids is 1. The highest BCUT2D eigenvalue weighted by Gasteiger charge is 2.16. The summed E-state index contributed by atoms with van der Waals surface area (Å²) in [5.41, 5.74) is 0.868. The van der Waals surface area contributed by atoms with E-state index < -0.39 is 6.10 Å². The first-order valence-corrected chi connectivity index (χ1v) is 8.80. The summed E-state index contributed by atoms with van der Waals surface area (Å²) in [5, 5.41) is 21.5. The number of nitriles is 1. The van der Waals surface area contributed by atoms with Crippen LogP contribution in [-0.2, 0) is 4.79 Å². The number of amides is 1. The molecule has 2 unspecified atom stereocenters. The average molecular weight is 353 g/mol. The molecule has 6 heteroatoms. The Labute approximate surface area is 148 Å². The van der Waals surface area contributed by atoms with Crippen LogP contribution in [0.25, 0.3) is 0 Å². The molecule has 0 radical (unpaired) electrons. The Hall–Kier alpha value is -1.77. The zero-order chi connectivity index (χ0) is 17.9. The highest BCUT2D eigenvalue weighted by molar-refractivity contribution is 6.18. The summed E-state index contributed by atoms with van der Waals surface area (Å²) in [7, 11) is 0. The Morgan fingerprint density at radius 3 is 2.79 bits per heavy atom. The molecule has 1 aromatic carbocycles. The number of benzene rings is 1. The lowest BCUT2D eigenvalue weighted by molar-refractivity contribution is -0.120. The molecule has 0 spiro atoms. The topological polar surface area (TPSA) is 82.3 Å². The van der Waals surface area contributed by atoms with Crippen molar-refractivity contribution in [1.82, 2.24) is 0 Å². The van der Waals surface area contributed by atoms with E-state index in [0.717, 1.165) is 25.7 Å². The summed E-state index contributed by atoms with van der Waals surface area (Å²) >= 11 is 5.51. The van der Waals surface area contributed by atoms with Gasteiger partial charge in [0.15, 0.2) is 0 Å². The minimum absolute atomic E-state index is 0.0127. The number of halogens is 1. The summed E-state index contributed by atoms with van der Waals surface area (Å²) in [4.78, 5) is 12.3. The second-order valence-electron chi connectivity index (χ2n) is 5.68. The van der Waals surface area contributed by atoms with Crippen molar-refractivity contribution in [2.45, 2.75) is 45.6 Å². The summed E-state index contributed by atoms with van der Waals surface area (Å²) in [6.45, 7) is 4.11. The number of rotatable bonds is 10. The van der Waals surface area contributed by atoms with Gasteiger partial charge < -0.3 is 15.2 Å². The maximum atomic E-state index is 12.3. The highest BCUT2D eigenvalue weighted by atomic mass is 35.5. The number of nitrogens with one attached hydrogen (secondary N) is 1. The van der Waals surface area contributed by atoms with Crippen molar-refractivity contribution in [2.75, 3.05) is 17.8 Å². The number of ether oxygens (including phenoxy) is 1. The van der Waals surface area contributed by atoms with Gasteiger partial charge >= 0.3 is 0 Å². The number of nitrogens with zero attached hydrogens (tertiary/aromatic N) is 1. The first-order valence-electron chi connectivity index (χ1n) is 8.27. The second-order valence-corrected chi connectivity index (χ2v) is 5.99.